The average molecular weight is 330 g/mol. The molecule has 3 nitrogen and oxygen atoms in total. The van der Waals surface area contributed by atoms with Crippen molar-refractivity contribution in [3.63, 3.8) is 0 Å². The number of carboxylic acid groups (broad SMARTS) is 1. The highest BCUT2D eigenvalue weighted by atomic mass is 35.5. The van der Waals surface area contributed by atoms with E-state index in [9.17, 15) is 9.90 Å². The quantitative estimate of drug-likeness (QED) is 0.837. The smallest absolute Gasteiger partial charge is 0.312 e. The summed E-state index contributed by atoms with van der Waals surface area (Å²) in [6.45, 7) is 0.826. The van der Waals surface area contributed by atoms with Crippen molar-refractivity contribution in [2.45, 2.75) is 18.4 Å². The summed E-state index contributed by atoms with van der Waals surface area (Å²) in [5.74, 6) is -1.35. The van der Waals surface area contributed by atoms with Gasteiger partial charge in [-0.15, -0.1) is 12.4 Å². The number of carboxylic acids is 1. The van der Waals surface area contributed by atoms with E-state index in [0.29, 0.717) is 0 Å². The van der Waals surface area contributed by atoms with Crippen LogP contribution in [0.1, 0.15) is 17.9 Å². The monoisotopic (exact) mass is 329 g/mol. The van der Waals surface area contributed by atoms with Gasteiger partial charge >= 0.3 is 5.97 Å². The molecule has 2 aromatic carbocycles. The van der Waals surface area contributed by atoms with Crippen LogP contribution in [-0.4, -0.2) is 23.7 Å². The van der Waals surface area contributed by atoms with Crippen molar-refractivity contribution in [2.24, 2.45) is 0 Å². The predicted octanol–water partition coefficient (Wildman–Crippen LogP) is 3.86. The maximum atomic E-state index is 11.7. The molecule has 2 aromatic rings. The molecule has 0 bridgehead atoms. The van der Waals surface area contributed by atoms with Crippen molar-refractivity contribution in [3.8, 4) is 11.1 Å². The Balaban J connectivity index is 0.00000192. The minimum Gasteiger partial charge on any atom is -0.481 e. The number of nitrogens with one attached hydrogen (secondary N) is 1. The second-order valence-electron chi connectivity index (χ2n) is 5.50. The fourth-order valence-electron chi connectivity index (χ4n) is 2.89. The van der Waals surface area contributed by atoms with Gasteiger partial charge in [-0.25, -0.2) is 0 Å². The molecule has 0 aromatic heterocycles. The van der Waals surface area contributed by atoms with E-state index >= 15 is 0 Å². The third-order valence-corrected chi connectivity index (χ3v) is 4.04. The molecule has 0 saturated heterocycles. The van der Waals surface area contributed by atoms with Gasteiger partial charge in [-0.2, -0.15) is 0 Å². The highest BCUT2D eigenvalue weighted by molar-refractivity contribution is 5.85. The highest BCUT2D eigenvalue weighted by Crippen LogP contribution is 2.26. The van der Waals surface area contributed by atoms with Crippen molar-refractivity contribution >= 4 is 18.4 Å². The van der Waals surface area contributed by atoms with E-state index in [0.717, 1.165) is 29.7 Å². The van der Waals surface area contributed by atoms with Gasteiger partial charge < -0.3 is 10.4 Å². The van der Waals surface area contributed by atoms with Crippen LogP contribution in [0.25, 0.3) is 11.1 Å². The van der Waals surface area contributed by atoms with Crippen molar-refractivity contribution < 1.29 is 9.90 Å². The number of hydrogen-bond donors (Lipinski definition) is 2. The van der Waals surface area contributed by atoms with Crippen molar-refractivity contribution in [3.05, 3.63) is 72.3 Å². The zero-order valence-corrected chi connectivity index (χ0v) is 13.5. The Morgan fingerprint density at radius 1 is 1.04 bits per heavy atom. The number of rotatable bonds is 4. The molecule has 3 rings (SSSR count). The van der Waals surface area contributed by atoms with Crippen molar-refractivity contribution in [2.75, 3.05) is 6.54 Å². The Bertz CT molecular complexity index is 668. The summed E-state index contributed by atoms with van der Waals surface area (Å²) in [6.07, 6.45) is 4.97. The lowest BCUT2D eigenvalue weighted by Crippen LogP contribution is -2.39. The van der Waals surface area contributed by atoms with E-state index in [1.807, 2.05) is 48.5 Å². The zero-order valence-electron chi connectivity index (χ0n) is 12.7. The molecule has 2 N–H and O–H groups in total. The molecule has 0 radical (unpaired) electrons. The Morgan fingerprint density at radius 2 is 1.70 bits per heavy atom. The van der Waals surface area contributed by atoms with Crippen LogP contribution in [0.4, 0.5) is 0 Å². The lowest BCUT2D eigenvalue weighted by atomic mass is 9.89. The molecule has 1 aliphatic rings. The first-order valence-electron chi connectivity index (χ1n) is 7.54. The number of carbonyl (C=O) groups is 1. The van der Waals surface area contributed by atoms with Crippen LogP contribution in [0.3, 0.4) is 0 Å². The summed E-state index contributed by atoms with van der Waals surface area (Å²) in [5.41, 5.74) is 3.06. The normalized spacial score (nSPS) is 18.0. The van der Waals surface area contributed by atoms with E-state index in [2.05, 4.69) is 23.5 Å². The highest BCUT2D eigenvalue weighted by Gasteiger charge is 2.28. The Kier molecular flexibility index (Phi) is 5.97. The van der Waals surface area contributed by atoms with E-state index in [4.69, 9.17) is 0 Å². The molecule has 23 heavy (non-hydrogen) atoms. The predicted molar refractivity (Wildman–Crippen MR) is 95.1 cm³/mol. The van der Waals surface area contributed by atoms with Gasteiger partial charge in [0.15, 0.2) is 0 Å². The molecule has 0 spiro atoms. The number of aliphatic carboxylic acids is 1. The van der Waals surface area contributed by atoms with Gasteiger partial charge in [0.05, 0.1) is 0 Å². The summed E-state index contributed by atoms with van der Waals surface area (Å²) >= 11 is 0. The fraction of sp³-hybridized carbons (Fsp3) is 0.211. The summed E-state index contributed by atoms with van der Waals surface area (Å²) in [5, 5.41) is 12.9. The van der Waals surface area contributed by atoms with Crippen LogP contribution in [0, 0.1) is 0 Å². The van der Waals surface area contributed by atoms with Gasteiger partial charge in [-0.05, 0) is 29.7 Å². The lowest BCUT2D eigenvalue weighted by Gasteiger charge is -2.25. The van der Waals surface area contributed by atoms with Gasteiger partial charge in [0.1, 0.15) is 5.92 Å². The first-order chi connectivity index (χ1) is 10.8. The molecular weight excluding hydrogens is 310 g/mol. The maximum absolute atomic E-state index is 11.7. The van der Waals surface area contributed by atoms with Crippen LogP contribution < -0.4 is 5.32 Å². The van der Waals surface area contributed by atoms with Crippen LogP contribution in [0.15, 0.2) is 66.7 Å². The van der Waals surface area contributed by atoms with Crippen molar-refractivity contribution in [1.82, 2.24) is 5.32 Å². The number of halogens is 1. The Labute approximate surface area is 142 Å². The van der Waals surface area contributed by atoms with E-state index in [1.54, 1.807) is 0 Å². The molecule has 1 heterocycles. The minimum atomic E-state index is -0.795. The Hall–Kier alpha value is -2.10. The third-order valence-electron chi connectivity index (χ3n) is 4.04. The first kappa shape index (κ1) is 17.3. The average Bonchev–Trinajstić information content (AvgIpc) is 2.57. The second kappa shape index (κ2) is 7.95. The fourth-order valence-corrected chi connectivity index (χ4v) is 2.89. The molecule has 1 unspecified atom stereocenters. The van der Waals surface area contributed by atoms with Gasteiger partial charge in [-0.3, -0.25) is 4.79 Å². The molecular formula is C19H20ClNO2. The van der Waals surface area contributed by atoms with Gasteiger partial charge in [0, 0.05) is 6.04 Å². The largest absolute Gasteiger partial charge is 0.481 e. The molecule has 0 aliphatic carbocycles. The summed E-state index contributed by atoms with van der Waals surface area (Å²) in [4.78, 5) is 11.7. The SMILES string of the molecule is Cl.O=C(O)C(c1ccc(-c2ccccc2)cc1)[C@@H]1C=CCCN1. The first-order valence-corrected chi connectivity index (χ1v) is 7.54. The van der Waals surface area contributed by atoms with Crippen LogP contribution in [-0.2, 0) is 4.79 Å². The van der Waals surface area contributed by atoms with Crippen LogP contribution in [0.5, 0.6) is 0 Å². The molecule has 4 heteroatoms. The molecule has 0 fully saturated rings. The number of benzene rings is 2. The van der Waals surface area contributed by atoms with Crippen molar-refractivity contribution in [1.29, 1.82) is 0 Å². The third kappa shape index (κ3) is 4.01. The lowest BCUT2D eigenvalue weighted by molar-refractivity contribution is -0.139. The second-order valence-corrected chi connectivity index (χ2v) is 5.50. The van der Waals surface area contributed by atoms with E-state index in [-0.39, 0.29) is 18.4 Å². The zero-order chi connectivity index (χ0) is 15.4. The van der Waals surface area contributed by atoms with Gasteiger partial charge in [0.2, 0.25) is 0 Å². The van der Waals surface area contributed by atoms with E-state index < -0.39 is 11.9 Å². The van der Waals surface area contributed by atoms with Gasteiger partial charge in [-0.1, -0.05) is 66.7 Å². The maximum Gasteiger partial charge on any atom is 0.312 e. The Morgan fingerprint density at radius 3 is 2.26 bits per heavy atom. The standard InChI is InChI=1S/C19H19NO2.ClH/c21-19(22)18(17-8-4-5-13-20-17)16-11-9-15(10-12-16)14-6-2-1-3-7-14;/h1-4,6-12,17-18,20H,5,13H2,(H,21,22);1H/t17-,18?;/m0./s1. The van der Waals surface area contributed by atoms with E-state index in [1.165, 1.54) is 0 Å². The van der Waals surface area contributed by atoms with Crippen LogP contribution >= 0.6 is 12.4 Å². The molecule has 0 saturated carbocycles. The van der Waals surface area contributed by atoms with Gasteiger partial charge in [0.25, 0.3) is 0 Å². The minimum absolute atomic E-state index is 0. The van der Waals surface area contributed by atoms with Crippen LogP contribution in [0.2, 0.25) is 0 Å². The molecule has 1 aliphatic heterocycles. The summed E-state index contributed by atoms with van der Waals surface area (Å²) in [6, 6.07) is 17.8. The summed E-state index contributed by atoms with van der Waals surface area (Å²) in [7, 11) is 0. The summed E-state index contributed by atoms with van der Waals surface area (Å²) < 4.78 is 0. The molecule has 0 amide bonds. The topological polar surface area (TPSA) is 49.3 Å². The molecule has 2 atom stereocenters. The number of hydrogen-bond acceptors (Lipinski definition) is 2. The molecule has 120 valence electrons.